The Bertz CT molecular complexity index is 1300. The van der Waals surface area contributed by atoms with Crippen molar-refractivity contribution in [2.24, 2.45) is 10.3 Å². The summed E-state index contributed by atoms with van der Waals surface area (Å²) in [5, 5.41) is 6.32. The number of amides is 1. The number of carbonyl (C=O) groups is 1. The molecule has 5 rings (SSSR count). The quantitative estimate of drug-likeness (QED) is 0.608. The van der Waals surface area contributed by atoms with Crippen molar-refractivity contribution in [3.8, 4) is 0 Å². The molecule has 2 aliphatic rings. The first-order valence-electron chi connectivity index (χ1n) is 10.9. The summed E-state index contributed by atoms with van der Waals surface area (Å²) in [5.74, 6) is 0.350. The lowest BCUT2D eigenvalue weighted by molar-refractivity contribution is -0.120. The molecule has 1 saturated heterocycles. The van der Waals surface area contributed by atoms with Crippen molar-refractivity contribution in [2.45, 2.75) is 17.7 Å². The highest BCUT2D eigenvalue weighted by molar-refractivity contribution is 7.90. The molecule has 0 atom stereocenters. The number of sulfonamides is 1. The molecule has 3 aromatic carbocycles. The van der Waals surface area contributed by atoms with Crippen LogP contribution in [0.25, 0.3) is 0 Å². The molecular weight excluding hydrogens is 436 g/mol. The van der Waals surface area contributed by atoms with Crippen LogP contribution in [0.3, 0.4) is 0 Å². The first-order chi connectivity index (χ1) is 16.0. The van der Waals surface area contributed by atoms with E-state index in [1.54, 1.807) is 18.2 Å². The van der Waals surface area contributed by atoms with Gasteiger partial charge in [-0.3, -0.25) is 4.79 Å². The number of para-hydroxylation sites is 1. The Morgan fingerprint density at radius 2 is 1.42 bits per heavy atom. The van der Waals surface area contributed by atoms with Gasteiger partial charge in [0.1, 0.15) is 4.90 Å². The van der Waals surface area contributed by atoms with Crippen LogP contribution in [0.1, 0.15) is 18.4 Å². The highest BCUT2D eigenvalue weighted by Crippen LogP contribution is 2.30. The van der Waals surface area contributed by atoms with Gasteiger partial charge in [0.15, 0.2) is 5.84 Å². The van der Waals surface area contributed by atoms with Crippen LogP contribution in [0.4, 0.5) is 17.1 Å². The number of amidine groups is 1. The van der Waals surface area contributed by atoms with Crippen molar-refractivity contribution < 1.29 is 13.2 Å². The predicted octanol–water partition coefficient (Wildman–Crippen LogP) is 4.23. The van der Waals surface area contributed by atoms with Crippen molar-refractivity contribution in [1.82, 2.24) is 4.90 Å². The van der Waals surface area contributed by atoms with Gasteiger partial charge in [-0.1, -0.05) is 30.3 Å². The van der Waals surface area contributed by atoms with Crippen LogP contribution in [-0.2, 0) is 14.8 Å². The number of rotatable bonds is 4. The molecule has 2 heterocycles. The smallest absolute Gasteiger partial charge is 0.285 e. The van der Waals surface area contributed by atoms with Crippen LogP contribution in [0.2, 0.25) is 0 Å². The molecule has 168 valence electrons. The van der Waals surface area contributed by atoms with Gasteiger partial charge < -0.3 is 15.5 Å². The van der Waals surface area contributed by atoms with Gasteiger partial charge in [0.05, 0.1) is 0 Å². The van der Waals surface area contributed by atoms with Gasteiger partial charge in [-0.2, -0.15) is 8.42 Å². The minimum absolute atomic E-state index is 0.0141. The van der Waals surface area contributed by atoms with E-state index in [0.29, 0.717) is 37.3 Å². The number of hydrogen-bond donors (Lipinski definition) is 2. The summed E-state index contributed by atoms with van der Waals surface area (Å²) in [6.45, 7) is 1.17. The zero-order valence-corrected chi connectivity index (χ0v) is 18.8. The lowest BCUT2D eigenvalue weighted by Gasteiger charge is -2.32. The second-order valence-corrected chi connectivity index (χ2v) is 9.78. The van der Waals surface area contributed by atoms with Gasteiger partial charge in [-0.25, -0.2) is 0 Å². The molecular formula is C25H24N4O3S. The molecule has 0 radical (unpaired) electrons. The Hall–Kier alpha value is -3.65. The Morgan fingerprint density at radius 1 is 0.818 bits per heavy atom. The summed E-state index contributed by atoms with van der Waals surface area (Å²) >= 11 is 0. The van der Waals surface area contributed by atoms with Gasteiger partial charge in [0.25, 0.3) is 10.0 Å². The van der Waals surface area contributed by atoms with Gasteiger partial charge in [-0.05, 0) is 61.4 Å². The van der Waals surface area contributed by atoms with Crippen molar-refractivity contribution in [1.29, 1.82) is 0 Å². The maximum Gasteiger partial charge on any atom is 0.285 e. The third-order valence-electron chi connectivity index (χ3n) is 5.99. The molecule has 2 aliphatic heterocycles. The van der Waals surface area contributed by atoms with Crippen LogP contribution < -0.4 is 10.6 Å². The van der Waals surface area contributed by atoms with Crippen LogP contribution in [-0.4, -0.2) is 38.2 Å². The van der Waals surface area contributed by atoms with Crippen LogP contribution in [0.5, 0.6) is 0 Å². The van der Waals surface area contributed by atoms with E-state index in [2.05, 4.69) is 15.0 Å². The normalized spacial score (nSPS) is 17.2. The summed E-state index contributed by atoms with van der Waals surface area (Å²) in [4.78, 5) is 15.0. The van der Waals surface area contributed by atoms with Crippen LogP contribution >= 0.6 is 0 Å². The highest BCUT2D eigenvalue weighted by Gasteiger charge is 2.34. The summed E-state index contributed by atoms with van der Waals surface area (Å²) < 4.78 is 28.6. The van der Waals surface area contributed by atoms with Gasteiger partial charge in [-0.15, -0.1) is 4.40 Å². The SMILES string of the molecule is O=C(Nc1ccc(Nc2ccccc2)cc1)C1CCN(C2=NS(=O)(=O)c3ccccc32)CC1. The van der Waals surface area contributed by atoms with Gasteiger partial charge in [0, 0.05) is 41.6 Å². The van der Waals surface area contributed by atoms with E-state index in [1.165, 1.54) is 0 Å². The molecule has 0 spiro atoms. The minimum Gasteiger partial charge on any atom is -0.356 e. The Labute approximate surface area is 193 Å². The van der Waals surface area contributed by atoms with Gasteiger partial charge >= 0.3 is 0 Å². The van der Waals surface area contributed by atoms with E-state index in [1.807, 2.05) is 65.6 Å². The second kappa shape index (κ2) is 8.71. The fraction of sp³-hybridized carbons (Fsp3) is 0.200. The molecule has 0 aliphatic carbocycles. The first-order valence-corrected chi connectivity index (χ1v) is 12.4. The molecule has 0 aromatic heterocycles. The summed E-state index contributed by atoms with van der Waals surface area (Å²) in [5.41, 5.74) is 3.34. The average Bonchev–Trinajstić information content (AvgIpc) is 3.12. The standard InChI is InChI=1S/C25H24N4O3S/c30-25(27-21-12-10-20(11-13-21)26-19-6-2-1-3-7-19)18-14-16-29(17-15-18)24-22-8-4-5-9-23(22)33(31,32)28-24/h1-13,18,26H,14-17H2,(H,27,30). The Kier molecular flexibility index (Phi) is 5.60. The number of anilines is 3. The van der Waals surface area contributed by atoms with E-state index in [-0.39, 0.29) is 16.7 Å². The number of nitrogens with zero attached hydrogens (tertiary/aromatic N) is 2. The van der Waals surface area contributed by atoms with E-state index in [0.717, 1.165) is 17.1 Å². The number of benzene rings is 3. The molecule has 1 amide bonds. The van der Waals surface area contributed by atoms with Gasteiger partial charge in [0.2, 0.25) is 5.91 Å². The lowest BCUT2D eigenvalue weighted by atomic mass is 9.95. The first kappa shape index (κ1) is 21.2. The largest absolute Gasteiger partial charge is 0.356 e. The zero-order chi connectivity index (χ0) is 22.8. The molecule has 7 nitrogen and oxygen atoms in total. The average molecular weight is 461 g/mol. The molecule has 0 bridgehead atoms. The number of carbonyl (C=O) groups excluding carboxylic acids is 1. The summed E-state index contributed by atoms with van der Waals surface area (Å²) in [6.07, 6.45) is 1.28. The van der Waals surface area contributed by atoms with Crippen molar-refractivity contribution in [2.75, 3.05) is 23.7 Å². The topological polar surface area (TPSA) is 90.9 Å². The molecule has 0 saturated carbocycles. The fourth-order valence-corrected chi connectivity index (χ4v) is 5.47. The minimum atomic E-state index is -3.64. The van der Waals surface area contributed by atoms with Crippen molar-refractivity contribution >= 4 is 38.8 Å². The molecule has 2 N–H and O–H groups in total. The predicted molar refractivity (Wildman–Crippen MR) is 129 cm³/mol. The number of nitrogens with one attached hydrogen (secondary N) is 2. The third-order valence-corrected chi connectivity index (χ3v) is 7.32. The summed E-state index contributed by atoms with van der Waals surface area (Å²) in [7, 11) is -3.64. The monoisotopic (exact) mass is 460 g/mol. The lowest BCUT2D eigenvalue weighted by Crippen LogP contribution is -2.41. The molecule has 0 unspecified atom stereocenters. The maximum atomic E-state index is 12.8. The zero-order valence-electron chi connectivity index (χ0n) is 17.9. The number of hydrogen-bond acceptors (Lipinski definition) is 5. The number of piperidine rings is 1. The second-order valence-electron chi connectivity index (χ2n) is 8.21. The van der Waals surface area contributed by atoms with E-state index in [4.69, 9.17) is 0 Å². The maximum absolute atomic E-state index is 12.8. The van der Waals surface area contributed by atoms with Crippen LogP contribution in [0.15, 0.2) is 88.2 Å². The number of likely N-dealkylation sites (tertiary alicyclic amines) is 1. The van der Waals surface area contributed by atoms with Crippen molar-refractivity contribution in [3.63, 3.8) is 0 Å². The van der Waals surface area contributed by atoms with Crippen LogP contribution in [0, 0.1) is 5.92 Å². The molecule has 33 heavy (non-hydrogen) atoms. The Morgan fingerprint density at radius 3 is 2.15 bits per heavy atom. The van der Waals surface area contributed by atoms with E-state index in [9.17, 15) is 13.2 Å². The number of fused-ring (bicyclic) bond motifs is 1. The highest BCUT2D eigenvalue weighted by atomic mass is 32.2. The summed E-state index contributed by atoms with van der Waals surface area (Å²) in [6, 6.07) is 24.4. The van der Waals surface area contributed by atoms with E-state index >= 15 is 0 Å². The fourth-order valence-electron chi connectivity index (χ4n) is 4.24. The third kappa shape index (κ3) is 4.47. The van der Waals surface area contributed by atoms with Crippen molar-refractivity contribution in [3.05, 3.63) is 84.4 Å². The van der Waals surface area contributed by atoms with E-state index < -0.39 is 10.0 Å². The molecule has 1 fully saturated rings. The molecule has 8 heteroatoms. The molecule has 3 aromatic rings. The Balaban J connectivity index is 1.18.